The van der Waals surface area contributed by atoms with Crippen LogP contribution in [0, 0.1) is 19.8 Å². The molecule has 0 saturated heterocycles. The van der Waals surface area contributed by atoms with E-state index in [1.807, 2.05) is 49.0 Å². The third kappa shape index (κ3) is 3.60. The number of hydrogen-bond donors (Lipinski definition) is 1. The molecule has 0 radical (unpaired) electrons. The minimum atomic E-state index is -0.0897. The lowest BCUT2D eigenvalue weighted by molar-refractivity contribution is -0.120. The van der Waals surface area contributed by atoms with Gasteiger partial charge in [0.2, 0.25) is 5.91 Å². The van der Waals surface area contributed by atoms with Gasteiger partial charge in [-0.15, -0.1) is 0 Å². The number of rotatable bonds is 5. The van der Waals surface area contributed by atoms with Crippen molar-refractivity contribution in [2.24, 2.45) is 5.92 Å². The Morgan fingerprint density at radius 2 is 1.72 bits per heavy atom. The quantitative estimate of drug-likeness (QED) is 0.907. The van der Waals surface area contributed by atoms with Crippen LogP contribution in [0.15, 0.2) is 30.6 Å². The van der Waals surface area contributed by atoms with Crippen molar-refractivity contribution in [3.8, 4) is 5.69 Å². The summed E-state index contributed by atoms with van der Waals surface area (Å²) in [6.07, 6.45) is 3.15. The van der Waals surface area contributed by atoms with Gasteiger partial charge in [-0.2, -0.15) is 0 Å². The smallest absolute Gasteiger partial charge is 0.227 e. The summed E-state index contributed by atoms with van der Waals surface area (Å²) in [5.41, 5.74) is 3.94. The number of nitrogens with one attached hydrogen (secondary N) is 1. The van der Waals surface area contributed by atoms with Crippen molar-refractivity contribution < 1.29 is 14.3 Å². The molecule has 25 heavy (non-hydrogen) atoms. The van der Waals surface area contributed by atoms with E-state index in [4.69, 9.17) is 9.47 Å². The zero-order valence-corrected chi connectivity index (χ0v) is 15.2. The zero-order chi connectivity index (χ0) is 18.0. The minimum Gasteiger partial charge on any atom is -0.379 e. The van der Waals surface area contributed by atoms with Gasteiger partial charge >= 0.3 is 0 Å². The van der Waals surface area contributed by atoms with Gasteiger partial charge in [0, 0.05) is 37.2 Å². The summed E-state index contributed by atoms with van der Waals surface area (Å²) in [6.45, 7) is 4.03. The molecule has 1 aromatic carbocycles. The predicted molar refractivity (Wildman–Crippen MR) is 96.0 cm³/mol. The van der Waals surface area contributed by atoms with Gasteiger partial charge in [0.1, 0.15) is 0 Å². The van der Waals surface area contributed by atoms with Gasteiger partial charge in [0.05, 0.1) is 24.2 Å². The third-order valence-corrected chi connectivity index (χ3v) is 5.09. The van der Waals surface area contributed by atoms with Crippen molar-refractivity contribution in [1.82, 2.24) is 9.55 Å². The molecule has 1 unspecified atom stereocenters. The molecule has 1 fully saturated rings. The number of aromatic nitrogens is 2. The maximum atomic E-state index is 12.5. The van der Waals surface area contributed by atoms with Crippen LogP contribution >= 0.6 is 0 Å². The number of carbonyl (C=O) groups is 1. The van der Waals surface area contributed by atoms with Crippen LogP contribution < -0.4 is 5.32 Å². The number of anilines is 1. The number of hydrogen-bond acceptors (Lipinski definition) is 4. The van der Waals surface area contributed by atoms with Crippen molar-refractivity contribution in [3.05, 3.63) is 42.0 Å². The van der Waals surface area contributed by atoms with Crippen LogP contribution in [0.5, 0.6) is 0 Å². The Labute approximate surface area is 148 Å². The molecule has 134 valence electrons. The molecule has 6 nitrogen and oxygen atoms in total. The highest BCUT2D eigenvalue weighted by Crippen LogP contribution is 2.31. The number of amides is 1. The van der Waals surface area contributed by atoms with E-state index in [1.165, 1.54) is 0 Å². The van der Waals surface area contributed by atoms with Crippen LogP contribution in [-0.4, -0.2) is 41.9 Å². The van der Waals surface area contributed by atoms with Gasteiger partial charge < -0.3 is 19.4 Å². The van der Waals surface area contributed by atoms with Crippen LogP contribution in [0.25, 0.3) is 5.69 Å². The summed E-state index contributed by atoms with van der Waals surface area (Å²) in [7, 11) is 3.32. The molecule has 1 aliphatic carbocycles. The monoisotopic (exact) mass is 343 g/mol. The van der Waals surface area contributed by atoms with Crippen molar-refractivity contribution in [2.75, 3.05) is 19.5 Å². The topological polar surface area (TPSA) is 65.4 Å². The second-order valence-corrected chi connectivity index (χ2v) is 6.54. The van der Waals surface area contributed by atoms with E-state index in [9.17, 15) is 4.79 Å². The van der Waals surface area contributed by atoms with Crippen molar-refractivity contribution >= 4 is 11.6 Å². The molecule has 1 aromatic heterocycles. The third-order valence-electron chi connectivity index (χ3n) is 5.09. The number of nitrogens with zero attached hydrogens (tertiary/aromatic N) is 2. The van der Waals surface area contributed by atoms with E-state index in [0.717, 1.165) is 22.8 Å². The lowest BCUT2D eigenvalue weighted by Gasteiger charge is -2.15. The molecule has 1 saturated carbocycles. The van der Waals surface area contributed by atoms with Gasteiger partial charge in [-0.05, 0) is 51.0 Å². The fourth-order valence-corrected chi connectivity index (χ4v) is 3.38. The molecule has 6 heteroatoms. The predicted octanol–water partition coefficient (Wildman–Crippen LogP) is 2.87. The molecule has 1 amide bonds. The molecule has 3 rings (SSSR count). The van der Waals surface area contributed by atoms with Gasteiger partial charge in [-0.3, -0.25) is 4.79 Å². The molecular weight excluding hydrogens is 318 g/mol. The Kier molecular flexibility index (Phi) is 5.20. The normalized spacial score (nSPS) is 23.0. The Morgan fingerprint density at radius 3 is 2.20 bits per heavy atom. The van der Waals surface area contributed by atoms with Crippen molar-refractivity contribution in [1.29, 1.82) is 0 Å². The number of ether oxygens (including phenoxy) is 2. The molecule has 2 aromatic rings. The summed E-state index contributed by atoms with van der Waals surface area (Å²) in [4.78, 5) is 16.8. The van der Waals surface area contributed by atoms with Gasteiger partial charge in [0.25, 0.3) is 0 Å². The van der Waals surface area contributed by atoms with Gasteiger partial charge in [-0.1, -0.05) is 0 Å². The Morgan fingerprint density at radius 1 is 1.12 bits per heavy atom. The average Bonchev–Trinajstić information content (AvgIpc) is 3.19. The van der Waals surface area contributed by atoms with Crippen molar-refractivity contribution in [2.45, 2.75) is 38.9 Å². The second-order valence-electron chi connectivity index (χ2n) is 6.54. The molecule has 3 atom stereocenters. The highest BCUT2D eigenvalue weighted by molar-refractivity contribution is 5.92. The first kappa shape index (κ1) is 17.6. The molecule has 1 aliphatic rings. The number of carbonyl (C=O) groups excluding carboxylic acids is 1. The molecular formula is C19H25N3O3. The standard InChI is InChI=1S/C19H25N3O3/c1-12-13(2)22(11-20-12)16-7-5-15(6-8-16)21-19(23)14-9-17(24-3)18(10-14)25-4/h5-8,11,14,17-18H,9-10H2,1-4H3,(H,21,23)/t14?,17-,18+. The number of methoxy groups -OCH3 is 2. The lowest BCUT2D eigenvalue weighted by Crippen LogP contribution is -2.23. The van der Waals surface area contributed by atoms with E-state index in [2.05, 4.69) is 10.3 Å². The first-order chi connectivity index (χ1) is 12.0. The SMILES string of the molecule is CO[C@H]1CC(C(=O)Nc2ccc(-n3cnc(C)c3C)cc2)C[C@H]1OC. The van der Waals surface area contributed by atoms with Gasteiger partial charge in [-0.25, -0.2) is 4.98 Å². The van der Waals surface area contributed by atoms with E-state index >= 15 is 0 Å². The van der Waals surface area contributed by atoms with Gasteiger partial charge in [0.15, 0.2) is 0 Å². The number of imidazole rings is 1. The summed E-state index contributed by atoms with van der Waals surface area (Å²) in [5, 5.41) is 3.00. The first-order valence-corrected chi connectivity index (χ1v) is 8.51. The highest BCUT2D eigenvalue weighted by Gasteiger charge is 2.38. The summed E-state index contributed by atoms with van der Waals surface area (Å²) < 4.78 is 12.9. The molecule has 1 heterocycles. The minimum absolute atomic E-state index is 0.0176. The fraction of sp³-hybridized carbons (Fsp3) is 0.474. The van der Waals surface area contributed by atoms with Crippen LogP contribution in [0.2, 0.25) is 0 Å². The van der Waals surface area contributed by atoms with Crippen molar-refractivity contribution in [3.63, 3.8) is 0 Å². The first-order valence-electron chi connectivity index (χ1n) is 8.51. The van der Waals surface area contributed by atoms with E-state index in [0.29, 0.717) is 12.8 Å². The number of benzene rings is 1. The maximum Gasteiger partial charge on any atom is 0.227 e. The Balaban J connectivity index is 1.66. The second kappa shape index (κ2) is 7.37. The number of aryl methyl sites for hydroxylation is 1. The maximum absolute atomic E-state index is 12.5. The van der Waals surface area contributed by atoms with Crippen LogP contribution in [0.1, 0.15) is 24.2 Å². The molecule has 0 spiro atoms. The summed E-state index contributed by atoms with van der Waals surface area (Å²) >= 11 is 0. The Hall–Kier alpha value is -2.18. The van der Waals surface area contributed by atoms with E-state index in [1.54, 1.807) is 14.2 Å². The summed E-state index contributed by atoms with van der Waals surface area (Å²) in [6, 6.07) is 7.79. The van der Waals surface area contributed by atoms with E-state index in [-0.39, 0.29) is 24.0 Å². The highest BCUT2D eigenvalue weighted by atomic mass is 16.5. The lowest BCUT2D eigenvalue weighted by atomic mass is 10.1. The molecule has 0 bridgehead atoms. The molecule has 0 aliphatic heterocycles. The zero-order valence-electron chi connectivity index (χ0n) is 15.2. The average molecular weight is 343 g/mol. The largest absolute Gasteiger partial charge is 0.379 e. The summed E-state index contributed by atoms with van der Waals surface area (Å²) in [5.74, 6) is -0.0721. The van der Waals surface area contributed by atoms with Crippen LogP contribution in [0.3, 0.4) is 0 Å². The van der Waals surface area contributed by atoms with Crippen LogP contribution in [0.4, 0.5) is 5.69 Å². The van der Waals surface area contributed by atoms with E-state index < -0.39 is 0 Å². The molecule has 1 N–H and O–H groups in total. The Bertz CT molecular complexity index is 727. The fourth-order valence-electron chi connectivity index (χ4n) is 3.38. The van der Waals surface area contributed by atoms with Crippen LogP contribution in [-0.2, 0) is 14.3 Å².